The van der Waals surface area contributed by atoms with Crippen molar-refractivity contribution in [2.75, 3.05) is 6.26 Å². The highest BCUT2D eigenvalue weighted by Gasteiger charge is 2.06. The van der Waals surface area contributed by atoms with Crippen molar-refractivity contribution in [3.63, 3.8) is 0 Å². The van der Waals surface area contributed by atoms with Crippen molar-refractivity contribution in [1.29, 1.82) is 0 Å². The van der Waals surface area contributed by atoms with Crippen LogP contribution in [0.25, 0.3) is 0 Å². The molecule has 6 heteroatoms. The Hall–Kier alpha value is -1.69. The zero-order valence-electron chi connectivity index (χ0n) is 11.1. The number of nitrogens with zero attached hydrogens (tertiary/aromatic N) is 3. The van der Waals surface area contributed by atoms with E-state index in [2.05, 4.69) is 10.3 Å². The van der Waals surface area contributed by atoms with Gasteiger partial charge in [-0.05, 0) is 37.5 Å². The molecule has 2 rings (SSSR count). The number of hydrogen-bond acceptors (Lipinski definition) is 4. The van der Waals surface area contributed by atoms with E-state index < -0.39 is 9.84 Å². The molecule has 19 heavy (non-hydrogen) atoms. The van der Waals surface area contributed by atoms with Gasteiger partial charge in [0.15, 0.2) is 9.84 Å². The summed E-state index contributed by atoms with van der Waals surface area (Å²) < 4.78 is 24.5. The van der Waals surface area contributed by atoms with Gasteiger partial charge in [-0.2, -0.15) is 0 Å². The first-order chi connectivity index (χ1) is 8.99. The fourth-order valence-electron chi connectivity index (χ4n) is 1.78. The van der Waals surface area contributed by atoms with Gasteiger partial charge in [0, 0.05) is 19.0 Å². The van der Waals surface area contributed by atoms with Crippen LogP contribution in [-0.4, -0.2) is 29.7 Å². The van der Waals surface area contributed by atoms with Crippen molar-refractivity contribution in [2.45, 2.75) is 31.2 Å². The molecule has 1 aromatic carbocycles. The van der Waals surface area contributed by atoms with E-state index in [-0.39, 0.29) is 0 Å². The Labute approximate surface area is 113 Å². The molecule has 0 spiro atoms. The van der Waals surface area contributed by atoms with Gasteiger partial charge in [0.1, 0.15) is 0 Å². The molecule has 0 aliphatic rings. The maximum atomic E-state index is 11.3. The van der Waals surface area contributed by atoms with E-state index in [0.29, 0.717) is 4.90 Å². The zero-order chi connectivity index (χ0) is 13.9. The lowest BCUT2D eigenvalue weighted by Crippen LogP contribution is -1.98. The zero-order valence-corrected chi connectivity index (χ0v) is 11.9. The minimum Gasteiger partial charge on any atom is -0.253 e. The van der Waals surface area contributed by atoms with Gasteiger partial charge in [0.25, 0.3) is 0 Å². The highest BCUT2D eigenvalue weighted by atomic mass is 32.2. The van der Waals surface area contributed by atoms with Gasteiger partial charge >= 0.3 is 0 Å². The number of sulfone groups is 1. The molecular weight excluding hydrogens is 262 g/mol. The first-order valence-corrected chi connectivity index (χ1v) is 8.06. The Kier molecular flexibility index (Phi) is 3.99. The molecular formula is C13H17N3O2S. The molecule has 0 amide bonds. The molecule has 102 valence electrons. The summed E-state index contributed by atoms with van der Waals surface area (Å²) in [5, 5.41) is 8.06. The van der Waals surface area contributed by atoms with Crippen LogP contribution in [0.1, 0.15) is 18.2 Å². The van der Waals surface area contributed by atoms with Crippen molar-refractivity contribution in [2.24, 2.45) is 0 Å². The maximum Gasteiger partial charge on any atom is 0.175 e. The van der Waals surface area contributed by atoms with Gasteiger partial charge in [-0.15, -0.1) is 5.10 Å². The SMILES string of the molecule is CCn1cc(CCc2ccc(S(C)(=O)=O)cc2)nn1. The maximum absolute atomic E-state index is 11.3. The van der Waals surface area contributed by atoms with Crippen LogP contribution in [0.4, 0.5) is 0 Å². The summed E-state index contributed by atoms with van der Waals surface area (Å²) in [5.41, 5.74) is 2.05. The van der Waals surface area contributed by atoms with E-state index in [1.165, 1.54) is 6.26 Å². The van der Waals surface area contributed by atoms with Gasteiger partial charge in [-0.3, -0.25) is 4.68 Å². The third-order valence-electron chi connectivity index (χ3n) is 2.93. The molecule has 0 bridgehead atoms. The molecule has 0 aliphatic carbocycles. The average molecular weight is 279 g/mol. The van der Waals surface area contributed by atoms with Crippen molar-refractivity contribution in [3.05, 3.63) is 41.7 Å². The van der Waals surface area contributed by atoms with Crippen LogP contribution < -0.4 is 0 Å². The molecule has 0 atom stereocenters. The number of benzene rings is 1. The van der Waals surface area contributed by atoms with Gasteiger partial charge < -0.3 is 0 Å². The molecule has 2 aromatic rings. The van der Waals surface area contributed by atoms with Crippen LogP contribution in [0.2, 0.25) is 0 Å². The molecule has 5 nitrogen and oxygen atoms in total. The minimum atomic E-state index is -3.11. The summed E-state index contributed by atoms with van der Waals surface area (Å²) in [6.45, 7) is 2.83. The molecule has 0 saturated heterocycles. The summed E-state index contributed by atoms with van der Waals surface area (Å²) in [5.74, 6) is 0. The predicted octanol–water partition coefficient (Wildman–Crippen LogP) is 1.49. The van der Waals surface area contributed by atoms with Gasteiger partial charge in [-0.25, -0.2) is 8.42 Å². The third-order valence-corrected chi connectivity index (χ3v) is 4.06. The molecule has 0 aliphatic heterocycles. The summed E-state index contributed by atoms with van der Waals surface area (Å²) >= 11 is 0. The van der Waals surface area contributed by atoms with Crippen LogP contribution in [0, 0.1) is 0 Å². The van der Waals surface area contributed by atoms with E-state index in [0.717, 1.165) is 30.6 Å². The third kappa shape index (κ3) is 3.64. The Morgan fingerprint density at radius 1 is 1.16 bits per heavy atom. The number of aryl methyl sites for hydroxylation is 3. The van der Waals surface area contributed by atoms with Crippen molar-refractivity contribution < 1.29 is 8.42 Å². The molecule has 0 radical (unpaired) electrons. The monoisotopic (exact) mass is 279 g/mol. The predicted molar refractivity (Wildman–Crippen MR) is 72.7 cm³/mol. The number of aromatic nitrogens is 3. The lowest BCUT2D eigenvalue weighted by Gasteiger charge is -2.01. The normalized spacial score (nSPS) is 11.7. The summed E-state index contributed by atoms with van der Waals surface area (Å²) in [6, 6.07) is 6.99. The number of hydrogen-bond donors (Lipinski definition) is 0. The van der Waals surface area contributed by atoms with Crippen LogP contribution in [0.3, 0.4) is 0 Å². The second kappa shape index (κ2) is 5.52. The summed E-state index contributed by atoms with van der Waals surface area (Å²) in [7, 11) is -3.11. The Balaban J connectivity index is 2.00. The largest absolute Gasteiger partial charge is 0.253 e. The molecule has 0 unspecified atom stereocenters. The highest BCUT2D eigenvalue weighted by Crippen LogP contribution is 2.12. The van der Waals surface area contributed by atoms with Gasteiger partial charge in [0.05, 0.1) is 10.6 Å². The quantitative estimate of drug-likeness (QED) is 0.831. The fourth-order valence-corrected chi connectivity index (χ4v) is 2.41. The number of rotatable bonds is 5. The first kappa shape index (κ1) is 13.7. The first-order valence-electron chi connectivity index (χ1n) is 6.17. The second-order valence-corrected chi connectivity index (χ2v) is 6.50. The lowest BCUT2D eigenvalue weighted by molar-refractivity contribution is 0.602. The van der Waals surface area contributed by atoms with Crippen LogP contribution in [0.15, 0.2) is 35.4 Å². The van der Waals surface area contributed by atoms with E-state index >= 15 is 0 Å². The van der Waals surface area contributed by atoms with E-state index in [9.17, 15) is 8.42 Å². The molecule has 1 heterocycles. The second-order valence-electron chi connectivity index (χ2n) is 4.48. The van der Waals surface area contributed by atoms with Crippen molar-refractivity contribution in [3.8, 4) is 0 Å². The topological polar surface area (TPSA) is 64.8 Å². The van der Waals surface area contributed by atoms with Crippen LogP contribution in [0.5, 0.6) is 0 Å². The summed E-state index contributed by atoms with van der Waals surface area (Å²) in [4.78, 5) is 0.355. The minimum absolute atomic E-state index is 0.355. The Morgan fingerprint density at radius 3 is 2.37 bits per heavy atom. The summed E-state index contributed by atoms with van der Waals surface area (Å²) in [6.07, 6.45) is 4.78. The molecule has 0 saturated carbocycles. The highest BCUT2D eigenvalue weighted by molar-refractivity contribution is 7.90. The van der Waals surface area contributed by atoms with E-state index in [1.807, 2.05) is 25.3 Å². The van der Waals surface area contributed by atoms with E-state index in [1.54, 1.807) is 16.8 Å². The van der Waals surface area contributed by atoms with Crippen molar-refractivity contribution in [1.82, 2.24) is 15.0 Å². The molecule has 0 fully saturated rings. The Bertz CT molecular complexity index is 645. The van der Waals surface area contributed by atoms with Gasteiger partial charge in [-0.1, -0.05) is 17.3 Å². The standard InChI is InChI=1S/C13H17N3O2S/c1-3-16-10-12(14-15-16)7-4-11-5-8-13(9-6-11)19(2,17)18/h5-6,8-10H,3-4,7H2,1-2H3. The molecule has 1 aromatic heterocycles. The van der Waals surface area contributed by atoms with Crippen LogP contribution >= 0.6 is 0 Å². The average Bonchev–Trinajstić information content (AvgIpc) is 2.84. The smallest absolute Gasteiger partial charge is 0.175 e. The van der Waals surface area contributed by atoms with E-state index in [4.69, 9.17) is 0 Å². The molecule has 0 N–H and O–H groups in total. The Morgan fingerprint density at radius 2 is 1.84 bits per heavy atom. The van der Waals surface area contributed by atoms with Crippen LogP contribution in [-0.2, 0) is 29.2 Å². The van der Waals surface area contributed by atoms with Gasteiger partial charge in [0.2, 0.25) is 0 Å². The fraction of sp³-hybridized carbons (Fsp3) is 0.385. The van der Waals surface area contributed by atoms with Crippen molar-refractivity contribution >= 4 is 9.84 Å². The lowest BCUT2D eigenvalue weighted by atomic mass is 10.1.